The van der Waals surface area contributed by atoms with Gasteiger partial charge < -0.3 is 24.4 Å². The number of aromatic amines is 3. The van der Waals surface area contributed by atoms with Crippen molar-refractivity contribution in [2.45, 2.75) is 0 Å². The minimum Gasteiger partial charge on any atom is -0.494 e. The van der Waals surface area contributed by atoms with E-state index in [4.69, 9.17) is 14.5 Å². The third kappa shape index (κ3) is 3.32. The highest BCUT2D eigenvalue weighted by Gasteiger charge is 2.12. The van der Waals surface area contributed by atoms with E-state index in [9.17, 15) is 0 Å². The van der Waals surface area contributed by atoms with E-state index in [0.29, 0.717) is 0 Å². The lowest BCUT2D eigenvalue weighted by atomic mass is 10.2. The molecule has 3 N–H and O–H groups in total. The summed E-state index contributed by atoms with van der Waals surface area (Å²) in [7, 11) is 3.34. The van der Waals surface area contributed by atoms with Crippen LogP contribution in [0.25, 0.3) is 40.1 Å². The van der Waals surface area contributed by atoms with Gasteiger partial charge in [0.2, 0.25) is 0 Å². The minimum atomic E-state index is 0.737. The Bertz CT molecular complexity index is 1680. The highest BCUT2D eigenvalue weighted by molar-refractivity contribution is 5.85. The molecule has 0 aliphatic carbocycles. The van der Waals surface area contributed by atoms with Crippen LogP contribution >= 0.6 is 0 Å². The summed E-state index contributed by atoms with van der Waals surface area (Å²) in [6, 6.07) is 22.4. The third-order valence-electron chi connectivity index (χ3n) is 5.91. The molecular formula is C27H22N4O2. The van der Waals surface area contributed by atoms with E-state index >= 15 is 0 Å². The summed E-state index contributed by atoms with van der Waals surface area (Å²) in [5, 5.41) is 4.98. The van der Waals surface area contributed by atoms with Crippen LogP contribution in [0.4, 0.5) is 0 Å². The van der Waals surface area contributed by atoms with E-state index in [0.717, 1.165) is 66.5 Å². The second-order valence-corrected chi connectivity index (χ2v) is 7.94. The quantitative estimate of drug-likeness (QED) is 0.407. The highest BCUT2D eigenvalue weighted by atomic mass is 16.5. The topological polar surface area (TPSA) is 78.2 Å². The number of ether oxygens (including phenoxy) is 2. The van der Waals surface area contributed by atoms with E-state index in [-0.39, 0.29) is 0 Å². The van der Waals surface area contributed by atoms with Gasteiger partial charge in [-0.05, 0) is 30.4 Å². The molecule has 0 spiro atoms. The van der Waals surface area contributed by atoms with Gasteiger partial charge in [0.05, 0.1) is 53.1 Å². The molecule has 3 aromatic heterocycles. The Morgan fingerprint density at radius 3 is 2.39 bits per heavy atom. The average molecular weight is 434 g/mol. The monoisotopic (exact) mass is 434 g/mol. The number of para-hydroxylation sites is 2. The van der Waals surface area contributed by atoms with Gasteiger partial charge in [0.1, 0.15) is 11.5 Å². The number of aromatic nitrogens is 3. The smallest absolute Gasteiger partial charge is 0.144 e. The van der Waals surface area contributed by atoms with Gasteiger partial charge in [-0.2, -0.15) is 0 Å². The molecule has 6 rings (SSSR count). The van der Waals surface area contributed by atoms with Crippen molar-refractivity contribution >= 4 is 28.8 Å². The fraction of sp³-hybridized carbons (Fsp3) is 0.0741. The van der Waals surface area contributed by atoms with E-state index < -0.39 is 0 Å². The second-order valence-electron chi connectivity index (χ2n) is 7.94. The standard InChI is InChI=1S/C27H22N4O2/c1-32-26-14-22(20-11-16-7-3-5-9-18(16)28-20)30-24(26)13-25-27(33-2)15-23(31-25)21-12-17-8-4-6-10-19(17)29-21/h3-15,28,30-31H,1-2H3. The molecule has 33 heavy (non-hydrogen) atoms. The zero-order chi connectivity index (χ0) is 22.4. The number of hydrogen-bond donors (Lipinski definition) is 3. The lowest BCUT2D eigenvalue weighted by Gasteiger charge is -1.97. The molecule has 6 nitrogen and oxygen atoms in total. The fourth-order valence-corrected chi connectivity index (χ4v) is 4.26. The normalized spacial score (nSPS) is 14.8. The van der Waals surface area contributed by atoms with Gasteiger partial charge in [-0.1, -0.05) is 36.4 Å². The van der Waals surface area contributed by atoms with Gasteiger partial charge in [0.15, 0.2) is 0 Å². The maximum Gasteiger partial charge on any atom is 0.144 e. The number of methoxy groups -OCH3 is 2. The lowest BCUT2D eigenvalue weighted by Crippen LogP contribution is -2.19. The maximum atomic E-state index is 5.66. The molecule has 0 saturated carbocycles. The van der Waals surface area contributed by atoms with Crippen LogP contribution in [0.15, 0.2) is 71.7 Å². The molecule has 1 aliphatic rings. The van der Waals surface area contributed by atoms with Gasteiger partial charge in [-0.15, -0.1) is 0 Å². The zero-order valence-electron chi connectivity index (χ0n) is 18.3. The molecule has 162 valence electrons. The largest absolute Gasteiger partial charge is 0.494 e. The van der Waals surface area contributed by atoms with Crippen molar-refractivity contribution in [3.05, 3.63) is 93.7 Å². The van der Waals surface area contributed by atoms with Crippen molar-refractivity contribution in [2.75, 3.05) is 14.2 Å². The van der Waals surface area contributed by atoms with E-state index in [1.165, 1.54) is 0 Å². The predicted octanol–water partition coefficient (Wildman–Crippen LogP) is 2.56. The van der Waals surface area contributed by atoms with Crippen LogP contribution in [0, 0.1) is 0 Å². The van der Waals surface area contributed by atoms with Gasteiger partial charge >= 0.3 is 0 Å². The van der Waals surface area contributed by atoms with Gasteiger partial charge in [0.25, 0.3) is 0 Å². The Morgan fingerprint density at radius 1 is 0.788 bits per heavy atom. The van der Waals surface area contributed by atoms with Crippen LogP contribution in [0.2, 0.25) is 0 Å². The van der Waals surface area contributed by atoms with Crippen molar-refractivity contribution in [2.24, 2.45) is 4.99 Å². The molecule has 4 heterocycles. The summed E-state index contributed by atoms with van der Waals surface area (Å²) in [6.45, 7) is 0. The van der Waals surface area contributed by atoms with Crippen LogP contribution in [0.1, 0.15) is 5.69 Å². The Kier molecular flexibility index (Phi) is 4.43. The van der Waals surface area contributed by atoms with Crippen molar-refractivity contribution in [1.29, 1.82) is 0 Å². The van der Waals surface area contributed by atoms with Crippen LogP contribution in [0.3, 0.4) is 0 Å². The number of fused-ring (bicyclic) bond motifs is 2. The Labute approximate surface area is 189 Å². The molecule has 0 bridgehead atoms. The molecule has 6 heteroatoms. The molecule has 2 aromatic carbocycles. The summed E-state index contributed by atoms with van der Waals surface area (Å²) in [6.07, 6.45) is 4.07. The first-order valence-corrected chi connectivity index (χ1v) is 10.7. The van der Waals surface area contributed by atoms with Crippen LogP contribution in [-0.2, 0) is 0 Å². The Hall–Kier alpha value is -4.45. The van der Waals surface area contributed by atoms with Crippen LogP contribution < -0.4 is 30.7 Å². The zero-order valence-corrected chi connectivity index (χ0v) is 18.3. The lowest BCUT2D eigenvalue weighted by molar-refractivity contribution is 0.411. The first-order valence-electron chi connectivity index (χ1n) is 10.7. The molecule has 0 radical (unpaired) electrons. The third-order valence-corrected chi connectivity index (χ3v) is 5.91. The molecule has 0 amide bonds. The summed E-state index contributed by atoms with van der Waals surface area (Å²) in [4.78, 5) is 15.1. The number of nitrogens with one attached hydrogen (secondary N) is 3. The molecule has 0 saturated heterocycles. The molecule has 5 aromatic rings. The van der Waals surface area contributed by atoms with Crippen molar-refractivity contribution in [1.82, 2.24) is 15.0 Å². The predicted molar refractivity (Wildman–Crippen MR) is 130 cm³/mol. The average Bonchev–Trinajstić information content (AvgIpc) is 3.62. The summed E-state index contributed by atoms with van der Waals surface area (Å²) < 4.78 is 11.3. The molecule has 0 fully saturated rings. The summed E-state index contributed by atoms with van der Waals surface area (Å²) >= 11 is 0. The number of rotatable bonds is 4. The van der Waals surface area contributed by atoms with Crippen molar-refractivity contribution < 1.29 is 9.47 Å². The summed E-state index contributed by atoms with van der Waals surface area (Å²) in [5.41, 5.74) is 4.77. The first-order chi connectivity index (χ1) is 16.2. The fourth-order valence-electron chi connectivity index (χ4n) is 4.26. The summed E-state index contributed by atoms with van der Waals surface area (Å²) in [5.74, 6) is 1.49. The minimum absolute atomic E-state index is 0.737. The number of benzene rings is 2. The SMILES string of the molecule is COc1cc(-c2cc3ccccc3[nH]2)[nH]c1C=c1[nH]c(=C2C=c3ccccc3=N2)cc1OC. The van der Waals surface area contributed by atoms with E-state index in [2.05, 4.69) is 45.3 Å². The van der Waals surface area contributed by atoms with Gasteiger partial charge in [0, 0.05) is 28.3 Å². The molecule has 0 atom stereocenters. The first kappa shape index (κ1) is 19.3. The maximum absolute atomic E-state index is 5.66. The number of hydrogen-bond acceptors (Lipinski definition) is 3. The van der Waals surface area contributed by atoms with Crippen molar-refractivity contribution in [3.8, 4) is 22.9 Å². The van der Waals surface area contributed by atoms with Gasteiger partial charge in [-0.25, -0.2) is 4.99 Å². The number of H-pyrrole nitrogens is 3. The molecule has 1 aliphatic heterocycles. The Morgan fingerprint density at radius 2 is 1.58 bits per heavy atom. The van der Waals surface area contributed by atoms with Crippen LogP contribution in [0.5, 0.6) is 11.5 Å². The molecular weight excluding hydrogens is 412 g/mol. The van der Waals surface area contributed by atoms with E-state index in [1.54, 1.807) is 14.2 Å². The highest BCUT2D eigenvalue weighted by Crippen LogP contribution is 2.29. The number of nitrogens with zero attached hydrogens (tertiary/aromatic N) is 1. The molecule has 0 unspecified atom stereocenters. The van der Waals surface area contributed by atoms with Crippen molar-refractivity contribution in [3.63, 3.8) is 0 Å². The Balaban J connectivity index is 1.47. The van der Waals surface area contributed by atoms with E-state index in [1.807, 2.05) is 48.5 Å². The second kappa shape index (κ2) is 7.60. The van der Waals surface area contributed by atoms with Crippen LogP contribution in [-0.4, -0.2) is 29.2 Å². The van der Waals surface area contributed by atoms with Gasteiger partial charge in [-0.3, -0.25) is 0 Å².